The Bertz CT molecular complexity index is 17.1. The summed E-state index contributed by atoms with van der Waals surface area (Å²) in [5.74, 6) is 0. The summed E-state index contributed by atoms with van der Waals surface area (Å²) in [7, 11) is 6.90. The Morgan fingerprint density at radius 1 is 1.80 bits per heavy atom. The molecule has 0 saturated heterocycles. The molecule has 0 aromatic rings. The Morgan fingerprint density at radius 2 is 2.40 bits per heavy atom. The van der Waals surface area contributed by atoms with Gasteiger partial charge in [0.25, 0.3) is 0 Å². The smallest absolute Gasteiger partial charge is 0.0929 e. The van der Waals surface area contributed by atoms with Gasteiger partial charge in [0, 0.05) is 21.2 Å². The molecule has 0 aliphatic carbocycles. The molecule has 0 radical (unpaired) electrons. The summed E-state index contributed by atoms with van der Waals surface area (Å²) in [6.45, 7) is 0. The van der Waals surface area contributed by atoms with E-state index in [0.717, 1.165) is 7.66 Å². The number of halogens is 1. The topological polar surface area (TPSA) is 0 Å². The van der Waals surface area contributed by atoms with Crippen LogP contribution in [0.4, 0.5) is 0 Å². The minimum atomic E-state index is 1.03. The van der Waals surface area contributed by atoms with E-state index in [9.17, 15) is 0 Å². The van der Waals surface area contributed by atoms with Gasteiger partial charge in [-0.05, 0) is 7.97 Å². The fourth-order valence-corrected chi connectivity index (χ4v) is 5.70. The maximum absolute atomic E-state index is 2.27. The lowest BCUT2D eigenvalue weighted by atomic mass is 10.8. The van der Waals surface area contributed by atoms with E-state index < -0.39 is 0 Å². The van der Waals surface area contributed by atoms with E-state index in [2.05, 4.69) is 28.8 Å². The van der Waals surface area contributed by atoms with Crippen LogP contribution in [0.15, 0.2) is 0 Å². The first kappa shape index (κ1) is 6.92. The van der Waals surface area contributed by atoms with Crippen LogP contribution in [0.25, 0.3) is 0 Å². The Balaban J connectivity index is 2.19. The molecule has 0 rings (SSSR count). The van der Waals surface area contributed by atoms with Crippen molar-refractivity contribution in [1.29, 1.82) is 0 Å². The van der Waals surface area contributed by atoms with Gasteiger partial charge < -0.3 is 0 Å². The standard InChI is InChI=1S/BH3IPS2/c1-3-5-4-2/h3H,1H2. The van der Waals surface area contributed by atoms with Crippen molar-refractivity contribution in [1.82, 2.24) is 0 Å². The van der Waals surface area contributed by atoms with Crippen LogP contribution in [0.1, 0.15) is 0 Å². The quantitative estimate of drug-likeness (QED) is 0.310. The van der Waals surface area contributed by atoms with Crippen molar-refractivity contribution in [3.05, 3.63) is 0 Å². The van der Waals surface area contributed by atoms with Gasteiger partial charge in [-0.2, -0.15) is 0 Å². The first-order chi connectivity index (χ1) is 2.41. The molecule has 0 nitrogen and oxygen atoms in total. The molecule has 0 fully saturated rings. The van der Waals surface area contributed by atoms with Gasteiger partial charge in [0.2, 0.25) is 0 Å². The third kappa shape index (κ3) is 5.92. The van der Waals surface area contributed by atoms with Gasteiger partial charge in [0.1, 0.15) is 7.57 Å². The van der Waals surface area contributed by atoms with Gasteiger partial charge in [0.05, 0.1) is 0 Å². The van der Waals surface area contributed by atoms with Crippen LogP contribution >= 0.6 is 47.2 Å². The Hall–Kier alpha value is 1.92. The highest BCUT2D eigenvalue weighted by Gasteiger charge is 1.70. The van der Waals surface area contributed by atoms with Crippen molar-refractivity contribution in [2.24, 2.45) is 0 Å². The van der Waals surface area contributed by atoms with Gasteiger partial charge >= 0.3 is 0 Å². The van der Waals surface area contributed by atoms with Gasteiger partial charge in [-0.15, -0.1) is 0 Å². The fourth-order valence-electron chi connectivity index (χ4n) is 0.0315. The van der Waals surface area contributed by atoms with Crippen molar-refractivity contribution in [3.8, 4) is 0 Å². The molecule has 0 saturated carbocycles. The van der Waals surface area contributed by atoms with Crippen LogP contribution in [0.2, 0.25) is 0 Å². The van der Waals surface area contributed by atoms with E-state index in [-0.39, 0.29) is 0 Å². The predicted octanol–water partition coefficient (Wildman–Crippen LogP) is 1.86. The molecule has 0 bridgehead atoms. The largest absolute Gasteiger partial charge is 0.144 e. The molecule has 0 aliphatic heterocycles. The summed E-state index contributed by atoms with van der Waals surface area (Å²) in [6.07, 6.45) is 0. The molecular weight excluding hydrogens is 233 g/mol. The molecule has 0 aromatic heterocycles. The van der Waals surface area contributed by atoms with Crippen LogP contribution < -0.4 is 0 Å². The highest BCUT2D eigenvalue weighted by molar-refractivity contribution is 14.2. The zero-order chi connectivity index (χ0) is 4.12. The van der Waals surface area contributed by atoms with E-state index in [0.29, 0.717) is 0 Å². The summed E-state index contributed by atoms with van der Waals surface area (Å²) >= 11 is 2.27. The van der Waals surface area contributed by atoms with E-state index in [1.165, 1.54) is 0 Å². The second kappa shape index (κ2) is 5.92. The van der Waals surface area contributed by atoms with Crippen LogP contribution in [-0.4, -0.2) is 7.57 Å². The maximum Gasteiger partial charge on any atom is 0.144 e. The molecule has 0 N–H and O–H groups in total. The summed E-state index contributed by atoms with van der Waals surface area (Å²) in [5.41, 5.74) is 0. The lowest BCUT2D eigenvalue weighted by Crippen LogP contribution is -1.21. The number of hydrogen-bond acceptors (Lipinski definition) is 2. The van der Waals surface area contributed by atoms with Gasteiger partial charge in [-0.3, -0.25) is 0 Å². The molecular formula is H3BIPS2. The average Bonchev–Trinajstić information content (AvgIpc) is 1.41. The van der Waals surface area contributed by atoms with E-state index in [1.54, 1.807) is 7.97 Å². The summed E-state index contributed by atoms with van der Waals surface area (Å²) < 4.78 is 0. The molecule has 0 aromatic carbocycles. The normalized spacial score (nSPS) is 10.6. The summed E-state index contributed by atoms with van der Waals surface area (Å²) in [4.78, 5) is 0. The van der Waals surface area contributed by atoms with Crippen LogP contribution in [0.5, 0.6) is 0 Å². The molecule has 5 heteroatoms. The van der Waals surface area contributed by atoms with Gasteiger partial charge in [-0.25, -0.2) is 0 Å². The predicted molar refractivity (Wildman–Crippen MR) is 46.1 cm³/mol. The maximum atomic E-state index is 2.27. The molecule has 0 aliphatic rings. The average molecular weight is 236 g/mol. The second-order valence-electron chi connectivity index (χ2n) is 0.350. The third-order valence-electron chi connectivity index (χ3n) is 0.115. The highest BCUT2D eigenvalue weighted by Crippen LogP contribution is 2.41. The molecule has 1 atom stereocenters. The minimum absolute atomic E-state index is 1.03. The highest BCUT2D eigenvalue weighted by atomic mass is 127. The molecule has 30 valence electrons. The van der Waals surface area contributed by atoms with Crippen molar-refractivity contribution in [2.45, 2.75) is 0 Å². The monoisotopic (exact) mass is 236 g/mol. The van der Waals surface area contributed by atoms with Gasteiger partial charge in [-0.1, -0.05) is 18.1 Å². The number of hydrogen-bond donors (Lipinski definition) is 0. The SMILES string of the molecule is BPSSI. The zero-order valence-corrected chi connectivity index (χ0v) is 7.48. The number of rotatable bonds is 2. The minimum Gasteiger partial charge on any atom is -0.0929 e. The van der Waals surface area contributed by atoms with Crippen LogP contribution in [0.3, 0.4) is 0 Å². The van der Waals surface area contributed by atoms with Crippen molar-refractivity contribution in [3.63, 3.8) is 0 Å². The Labute approximate surface area is 54.5 Å². The van der Waals surface area contributed by atoms with Crippen LogP contribution in [0, 0.1) is 0 Å². The third-order valence-corrected chi connectivity index (χ3v) is 7.95. The van der Waals surface area contributed by atoms with Crippen molar-refractivity contribution in [2.75, 3.05) is 0 Å². The summed E-state index contributed by atoms with van der Waals surface area (Å²) in [6, 6.07) is 0. The van der Waals surface area contributed by atoms with E-state index >= 15 is 0 Å². The fraction of sp³-hybridized carbons (Fsp3) is 0. The summed E-state index contributed by atoms with van der Waals surface area (Å²) in [5, 5.41) is 0. The van der Waals surface area contributed by atoms with Crippen molar-refractivity contribution >= 4 is 54.8 Å². The molecule has 0 amide bonds. The van der Waals surface area contributed by atoms with E-state index in [1.807, 2.05) is 10.4 Å². The lowest BCUT2D eigenvalue weighted by Gasteiger charge is -1.77. The Morgan fingerprint density at radius 3 is 2.40 bits per heavy atom. The van der Waals surface area contributed by atoms with Crippen molar-refractivity contribution < 1.29 is 0 Å². The molecule has 1 unspecified atom stereocenters. The first-order valence-corrected chi connectivity index (χ1v) is 7.94. The molecule has 0 spiro atoms. The Kier molecular flexibility index (Phi) is 8.21. The molecule has 0 heterocycles. The lowest BCUT2D eigenvalue weighted by molar-refractivity contribution is 5.04. The first-order valence-electron chi connectivity index (χ1n) is 1.03. The van der Waals surface area contributed by atoms with Gasteiger partial charge in [0.15, 0.2) is 0 Å². The zero-order valence-electron chi connectivity index (χ0n) is 2.69. The second-order valence-corrected chi connectivity index (χ2v) is 7.89. The molecule has 5 heavy (non-hydrogen) atoms. The van der Waals surface area contributed by atoms with Crippen LogP contribution in [-0.2, 0) is 0 Å². The van der Waals surface area contributed by atoms with E-state index in [4.69, 9.17) is 0 Å².